The van der Waals surface area contributed by atoms with Gasteiger partial charge in [-0.25, -0.2) is 9.67 Å². The number of carbonyl (C=O) groups excluding carboxylic acids is 1. The second kappa shape index (κ2) is 8.72. The minimum Gasteiger partial charge on any atom is -0.497 e. The van der Waals surface area contributed by atoms with Crippen LogP contribution in [-0.4, -0.2) is 32.7 Å². The molecular weight excluding hydrogens is 442 g/mol. The SMILES string of the molecule is COc1ccc(-n2nc(C#N)c3nc(C)n(-c4ccc(-c5ccccc5C=O)cc4)c(=O)c32)cc1. The van der Waals surface area contributed by atoms with Crippen molar-refractivity contribution >= 4 is 17.3 Å². The number of benzene rings is 3. The van der Waals surface area contributed by atoms with Gasteiger partial charge in [0.25, 0.3) is 5.56 Å². The first-order chi connectivity index (χ1) is 17.0. The first kappa shape index (κ1) is 21.8. The number of aromatic nitrogens is 4. The van der Waals surface area contributed by atoms with Crippen LogP contribution in [0.25, 0.3) is 33.5 Å². The summed E-state index contributed by atoms with van der Waals surface area (Å²) in [6, 6.07) is 23.7. The summed E-state index contributed by atoms with van der Waals surface area (Å²) >= 11 is 0. The summed E-state index contributed by atoms with van der Waals surface area (Å²) in [5.74, 6) is 1.09. The molecule has 0 spiro atoms. The van der Waals surface area contributed by atoms with E-state index in [1.54, 1.807) is 56.5 Å². The summed E-state index contributed by atoms with van der Waals surface area (Å²) in [6.45, 7) is 1.71. The fourth-order valence-electron chi connectivity index (χ4n) is 4.11. The number of hydrogen-bond donors (Lipinski definition) is 0. The molecule has 0 atom stereocenters. The molecule has 5 aromatic rings. The Morgan fingerprint density at radius 2 is 1.66 bits per heavy atom. The van der Waals surface area contributed by atoms with E-state index in [4.69, 9.17) is 4.74 Å². The number of hydrogen-bond acceptors (Lipinski definition) is 6. The molecule has 0 saturated heterocycles. The first-order valence-corrected chi connectivity index (χ1v) is 10.8. The standard InChI is InChI=1S/C27H19N5O3/c1-17-29-25-24(15-28)30-32(21-11-13-22(35-2)14-12-21)26(25)27(34)31(17)20-9-7-18(8-10-20)23-6-4-3-5-19(23)16-33/h3-14,16H,1-2H3. The lowest BCUT2D eigenvalue weighted by atomic mass is 10.0. The second-order valence-electron chi connectivity index (χ2n) is 7.82. The highest BCUT2D eigenvalue weighted by Crippen LogP contribution is 2.25. The molecule has 35 heavy (non-hydrogen) atoms. The number of ether oxygens (including phenoxy) is 1. The Kier molecular flexibility index (Phi) is 5.43. The van der Waals surface area contributed by atoms with Crippen LogP contribution in [0.1, 0.15) is 21.9 Å². The van der Waals surface area contributed by atoms with Crippen molar-refractivity contribution in [3.63, 3.8) is 0 Å². The molecule has 0 radical (unpaired) electrons. The van der Waals surface area contributed by atoms with Crippen LogP contribution in [0.2, 0.25) is 0 Å². The van der Waals surface area contributed by atoms with Gasteiger partial charge in [0.15, 0.2) is 17.5 Å². The molecule has 0 saturated carbocycles. The third kappa shape index (κ3) is 3.65. The van der Waals surface area contributed by atoms with Crippen molar-refractivity contribution in [2.75, 3.05) is 7.11 Å². The molecule has 0 unspecified atom stereocenters. The van der Waals surface area contributed by atoms with E-state index in [0.29, 0.717) is 28.5 Å². The summed E-state index contributed by atoms with van der Waals surface area (Å²) in [4.78, 5) is 29.7. The number of methoxy groups -OCH3 is 1. The minimum atomic E-state index is -0.349. The lowest BCUT2D eigenvalue weighted by Gasteiger charge is -2.12. The molecule has 0 aliphatic carbocycles. The fraction of sp³-hybridized carbons (Fsp3) is 0.0741. The molecule has 0 bridgehead atoms. The third-order valence-corrected chi connectivity index (χ3v) is 5.81. The molecule has 0 amide bonds. The lowest BCUT2D eigenvalue weighted by Crippen LogP contribution is -2.24. The van der Waals surface area contributed by atoms with Gasteiger partial charge in [-0.3, -0.25) is 14.2 Å². The van der Waals surface area contributed by atoms with Gasteiger partial charge in [-0.2, -0.15) is 10.4 Å². The van der Waals surface area contributed by atoms with Crippen LogP contribution in [-0.2, 0) is 0 Å². The van der Waals surface area contributed by atoms with Crippen LogP contribution < -0.4 is 10.3 Å². The van der Waals surface area contributed by atoms with E-state index in [1.807, 2.05) is 36.4 Å². The smallest absolute Gasteiger partial charge is 0.284 e. The molecule has 2 heterocycles. The van der Waals surface area contributed by atoms with Gasteiger partial charge in [0, 0.05) is 5.56 Å². The maximum absolute atomic E-state index is 13.7. The summed E-state index contributed by atoms with van der Waals surface area (Å²) in [7, 11) is 1.57. The number of nitriles is 1. The van der Waals surface area contributed by atoms with Crippen LogP contribution >= 0.6 is 0 Å². The van der Waals surface area contributed by atoms with Crippen LogP contribution in [0.3, 0.4) is 0 Å². The highest BCUT2D eigenvalue weighted by atomic mass is 16.5. The van der Waals surface area contributed by atoms with Gasteiger partial charge in [0.2, 0.25) is 0 Å². The predicted octanol–water partition coefficient (Wildman–Crippen LogP) is 4.24. The van der Waals surface area contributed by atoms with E-state index in [-0.39, 0.29) is 22.3 Å². The van der Waals surface area contributed by atoms with Crippen molar-refractivity contribution in [1.82, 2.24) is 19.3 Å². The zero-order chi connectivity index (χ0) is 24.5. The molecule has 0 fully saturated rings. The van der Waals surface area contributed by atoms with Crippen LogP contribution in [0.5, 0.6) is 5.75 Å². The topological polar surface area (TPSA) is 103 Å². The Morgan fingerprint density at radius 3 is 2.31 bits per heavy atom. The van der Waals surface area contributed by atoms with Crippen LogP contribution in [0.4, 0.5) is 0 Å². The maximum Gasteiger partial charge on any atom is 0.284 e. The quantitative estimate of drug-likeness (QED) is 0.363. The Bertz CT molecular complexity index is 1670. The zero-order valence-corrected chi connectivity index (χ0v) is 19.0. The fourth-order valence-corrected chi connectivity index (χ4v) is 4.11. The average Bonchev–Trinajstić information content (AvgIpc) is 3.27. The van der Waals surface area contributed by atoms with E-state index < -0.39 is 0 Å². The van der Waals surface area contributed by atoms with Crippen molar-refractivity contribution in [3.8, 4) is 34.3 Å². The van der Waals surface area contributed by atoms with Crippen molar-refractivity contribution in [3.05, 3.63) is 100 Å². The molecule has 8 heteroatoms. The molecule has 0 aliphatic rings. The molecule has 0 N–H and O–H groups in total. The number of carbonyl (C=O) groups is 1. The number of nitrogens with zero attached hydrogens (tertiary/aromatic N) is 5. The van der Waals surface area contributed by atoms with E-state index in [0.717, 1.165) is 17.4 Å². The Hall–Kier alpha value is -5.03. The molecule has 3 aromatic carbocycles. The first-order valence-electron chi connectivity index (χ1n) is 10.8. The highest BCUT2D eigenvalue weighted by Gasteiger charge is 2.20. The molecular formula is C27H19N5O3. The van der Waals surface area contributed by atoms with E-state index >= 15 is 0 Å². The predicted molar refractivity (Wildman–Crippen MR) is 131 cm³/mol. The normalized spacial score (nSPS) is 10.8. The zero-order valence-electron chi connectivity index (χ0n) is 19.0. The van der Waals surface area contributed by atoms with Gasteiger partial charge >= 0.3 is 0 Å². The summed E-state index contributed by atoms with van der Waals surface area (Å²) < 4.78 is 8.14. The third-order valence-electron chi connectivity index (χ3n) is 5.81. The van der Waals surface area contributed by atoms with Crippen molar-refractivity contribution in [2.45, 2.75) is 6.92 Å². The largest absolute Gasteiger partial charge is 0.497 e. The number of aryl methyl sites for hydroxylation is 1. The molecule has 170 valence electrons. The summed E-state index contributed by atoms with van der Waals surface area (Å²) in [6.07, 6.45) is 0.822. The Morgan fingerprint density at radius 1 is 0.971 bits per heavy atom. The van der Waals surface area contributed by atoms with Gasteiger partial charge in [-0.05, 0) is 54.4 Å². The lowest BCUT2D eigenvalue weighted by molar-refractivity contribution is 0.112. The van der Waals surface area contributed by atoms with Crippen molar-refractivity contribution < 1.29 is 9.53 Å². The van der Waals surface area contributed by atoms with Crippen molar-refractivity contribution in [2.24, 2.45) is 0 Å². The number of fused-ring (bicyclic) bond motifs is 1. The van der Waals surface area contributed by atoms with Crippen molar-refractivity contribution in [1.29, 1.82) is 5.26 Å². The van der Waals surface area contributed by atoms with Gasteiger partial charge < -0.3 is 4.74 Å². The van der Waals surface area contributed by atoms with Gasteiger partial charge in [0.1, 0.15) is 23.2 Å². The molecule has 8 nitrogen and oxygen atoms in total. The van der Waals surface area contributed by atoms with Gasteiger partial charge in [-0.1, -0.05) is 36.4 Å². The average molecular weight is 461 g/mol. The van der Waals surface area contributed by atoms with E-state index in [2.05, 4.69) is 10.1 Å². The molecule has 2 aromatic heterocycles. The molecule has 5 rings (SSSR count). The van der Waals surface area contributed by atoms with E-state index in [9.17, 15) is 14.9 Å². The maximum atomic E-state index is 13.7. The number of rotatable bonds is 5. The minimum absolute atomic E-state index is 0.0731. The number of aldehydes is 1. The van der Waals surface area contributed by atoms with Crippen LogP contribution in [0, 0.1) is 18.3 Å². The van der Waals surface area contributed by atoms with Gasteiger partial charge in [-0.15, -0.1) is 0 Å². The van der Waals surface area contributed by atoms with E-state index in [1.165, 1.54) is 9.25 Å². The highest BCUT2D eigenvalue weighted by molar-refractivity contribution is 5.87. The Labute approximate surface area is 200 Å². The molecule has 0 aliphatic heterocycles. The monoisotopic (exact) mass is 461 g/mol. The Balaban J connectivity index is 1.68. The summed E-state index contributed by atoms with van der Waals surface area (Å²) in [5.41, 5.74) is 3.63. The summed E-state index contributed by atoms with van der Waals surface area (Å²) in [5, 5.41) is 14.0. The van der Waals surface area contributed by atoms with Gasteiger partial charge in [0.05, 0.1) is 18.5 Å². The van der Waals surface area contributed by atoms with Crippen LogP contribution in [0.15, 0.2) is 77.6 Å². The second-order valence-corrected chi connectivity index (χ2v) is 7.82.